The van der Waals surface area contributed by atoms with Crippen molar-refractivity contribution in [1.82, 2.24) is 14.9 Å². The molecule has 0 N–H and O–H groups in total. The zero-order valence-corrected chi connectivity index (χ0v) is 16.6. The summed E-state index contributed by atoms with van der Waals surface area (Å²) in [5.74, 6) is 2.67. The molecule has 6 heteroatoms. The van der Waals surface area contributed by atoms with E-state index in [1.807, 2.05) is 43.5 Å². The molecule has 0 aliphatic carbocycles. The molecule has 28 heavy (non-hydrogen) atoms. The van der Waals surface area contributed by atoms with Gasteiger partial charge in [0.25, 0.3) is 0 Å². The molecule has 0 bridgehead atoms. The van der Waals surface area contributed by atoms with Crippen LogP contribution in [0.25, 0.3) is 11.3 Å². The van der Waals surface area contributed by atoms with Crippen molar-refractivity contribution in [3.8, 4) is 11.3 Å². The van der Waals surface area contributed by atoms with Gasteiger partial charge in [-0.3, -0.25) is 4.90 Å². The molecule has 0 unspecified atom stereocenters. The number of nitrogens with zero attached hydrogens (tertiary/aromatic N) is 3. The molecular formula is C22H22ClN3O2. The predicted octanol–water partition coefficient (Wildman–Crippen LogP) is 4.37. The number of hydrogen-bond acceptors (Lipinski definition) is 5. The van der Waals surface area contributed by atoms with Crippen LogP contribution in [0.5, 0.6) is 0 Å². The maximum absolute atomic E-state index is 6.09. The average Bonchev–Trinajstić information content (AvgIpc) is 3.32. The first kappa shape index (κ1) is 17.9. The summed E-state index contributed by atoms with van der Waals surface area (Å²) >= 11 is 5.98. The minimum Gasteiger partial charge on any atom is -0.460 e. The summed E-state index contributed by atoms with van der Waals surface area (Å²) in [7, 11) is 0. The molecule has 144 valence electrons. The van der Waals surface area contributed by atoms with E-state index in [-0.39, 0.29) is 5.41 Å². The maximum atomic E-state index is 6.09. The van der Waals surface area contributed by atoms with Crippen LogP contribution in [0.1, 0.15) is 29.3 Å². The van der Waals surface area contributed by atoms with E-state index in [4.69, 9.17) is 25.7 Å². The average molecular weight is 396 g/mol. The molecule has 4 heterocycles. The summed E-state index contributed by atoms with van der Waals surface area (Å²) < 4.78 is 12.0. The summed E-state index contributed by atoms with van der Waals surface area (Å²) in [5, 5.41) is 0.729. The summed E-state index contributed by atoms with van der Waals surface area (Å²) in [6, 6.07) is 11.8. The van der Waals surface area contributed by atoms with E-state index in [0.717, 1.165) is 66.2 Å². The van der Waals surface area contributed by atoms with Crippen molar-refractivity contribution in [3.05, 3.63) is 70.5 Å². The van der Waals surface area contributed by atoms with Gasteiger partial charge in [-0.05, 0) is 56.3 Å². The first-order valence-electron chi connectivity index (χ1n) is 9.59. The van der Waals surface area contributed by atoms with Gasteiger partial charge in [0, 0.05) is 28.9 Å². The molecule has 1 saturated heterocycles. The van der Waals surface area contributed by atoms with E-state index < -0.39 is 0 Å². The number of fused-ring (bicyclic) bond motifs is 2. The van der Waals surface area contributed by atoms with E-state index in [1.54, 1.807) is 0 Å². The van der Waals surface area contributed by atoms with Gasteiger partial charge < -0.3 is 9.15 Å². The summed E-state index contributed by atoms with van der Waals surface area (Å²) in [4.78, 5) is 11.6. The number of aryl methyl sites for hydroxylation is 1. The normalized spacial score (nSPS) is 21.9. The molecule has 2 aliphatic rings. The number of ether oxygens (including phenoxy) is 1. The van der Waals surface area contributed by atoms with Crippen molar-refractivity contribution in [1.29, 1.82) is 0 Å². The van der Waals surface area contributed by atoms with Gasteiger partial charge in [-0.1, -0.05) is 11.6 Å². The Balaban J connectivity index is 1.33. The standard InChI is InChI=1S/C22H22ClN3O2/c1-15-24-10-17-12-27-14-22(21(17)25-15)8-9-26(13-22)11-19-6-7-20(28-19)16-2-4-18(23)5-3-16/h2-7,10H,8-9,11-14H2,1H3/t22-/m0/s1. The molecule has 1 aromatic carbocycles. The van der Waals surface area contributed by atoms with Gasteiger partial charge in [0.15, 0.2) is 0 Å². The molecule has 3 aromatic rings. The number of furan rings is 1. The van der Waals surface area contributed by atoms with E-state index in [2.05, 4.69) is 16.0 Å². The topological polar surface area (TPSA) is 51.4 Å². The van der Waals surface area contributed by atoms with Crippen LogP contribution in [0.15, 0.2) is 47.0 Å². The molecule has 1 spiro atoms. The highest BCUT2D eigenvalue weighted by atomic mass is 35.5. The fourth-order valence-corrected chi connectivity index (χ4v) is 4.47. The van der Waals surface area contributed by atoms with Crippen LogP contribution in [-0.4, -0.2) is 34.6 Å². The van der Waals surface area contributed by atoms with Gasteiger partial charge in [0.1, 0.15) is 17.3 Å². The Morgan fingerprint density at radius 3 is 2.89 bits per heavy atom. The quantitative estimate of drug-likeness (QED) is 0.659. The fourth-order valence-electron chi connectivity index (χ4n) is 4.34. The first-order valence-corrected chi connectivity index (χ1v) is 9.97. The highest BCUT2D eigenvalue weighted by Crippen LogP contribution is 2.39. The van der Waals surface area contributed by atoms with Gasteiger partial charge in [-0.25, -0.2) is 9.97 Å². The van der Waals surface area contributed by atoms with Crippen molar-refractivity contribution >= 4 is 11.6 Å². The SMILES string of the molecule is Cc1ncc2c(n1)[C@]1(CCN(Cc3ccc(-c4ccc(Cl)cc4)o3)C1)COC2. The number of rotatable bonds is 3. The highest BCUT2D eigenvalue weighted by Gasteiger charge is 2.44. The third kappa shape index (κ3) is 3.24. The smallest absolute Gasteiger partial charge is 0.134 e. The molecule has 0 saturated carbocycles. The minimum absolute atomic E-state index is 0.0348. The molecular weight excluding hydrogens is 374 g/mol. The first-order chi connectivity index (χ1) is 13.6. The molecule has 0 amide bonds. The number of hydrogen-bond donors (Lipinski definition) is 0. The van der Waals surface area contributed by atoms with Gasteiger partial charge in [-0.15, -0.1) is 0 Å². The summed E-state index contributed by atoms with van der Waals surface area (Å²) in [5.41, 5.74) is 3.31. The lowest BCUT2D eigenvalue weighted by Gasteiger charge is -2.34. The largest absolute Gasteiger partial charge is 0.460 e. The lowest BCUT2D eigenvalue weighted by molar-refractivity contribution is 0.0498. The Kier molecular flexibility index (Phi) is 4.46. The Morgan fingerprint density at radius 2 is 2.04 bits per heavy atom. The molecule has 0 radical (unpaired) electrons. The molecule has 2 aromatic heterocycles. The fraction of sp³-hybridized carbons (Fsp3) is 0.364. The lowest BCUT2D eigenvalue weighted by Crippen LogP contribution is -2.40. The number of benzene rings is 1. The van der Waals surface area contributed by atoms with Gasteiger partial charge in [-0.2, -0.15) is 0 Å². The number of halogens is 1. The monoisotopic (exact) mass is 395 g/mol. The van der Waals surface area contributed by atoms with E-state index in [1.165, 1.54) is 5.69 Å². The third-order valence-corrected chi connectivity index (χ3v) is 5.98. The van der Waals surface area contributed by atoms with Crippen molar-refractivity contribution in [2.24, 2.45) is 0 Å². The number of likely N-dealkylation sites (tertiary alicyclic amines) is 1. The van der Waals surface area contributed by atoms with Crippen LogP contribution in [0, 0.1) is 6.92 Å². The van der Waals surface area contributed by atoms with Gasteiger partial charge in [0.05, 0.1) is 30.9 Å². The Morgan fingerprint density at radius 1 is 1.18 bits per heavy atom. The van der Waals surface area contributed by atoms with Crippen LogP contribution in [-0.2, 0) is 23.3 Å². The molecule has 5 nitrogen and oxygen atoms in total. The van der Waals surface area contributed by atoms with Gasteiger partial charge in [0.2, 0.25) is 0 Å². The zero-order valence-electron chi connectivity index (χ0n) is 15.8. The Bertz CT molecular complexity index is 1000. The van der Waals surface area contributed by atoms with Crippen LogP contribution in [0.4, 0.5) is 0 Å². The third-order valence-electron chi connectivity index (χ3n) is 5.73. The molecule has 5 rings (SSSR count). The Hall–Kier alpha value is -2.21. The van der Waals surface area contributed by atoms with Crippen molar-refractivity contribution in [3.63, 3.8) is 0 Å². The van der Waals surface area contributed by atoms with Crippen LogP contribution >= 0.6 is 11.6 Å². The Labute approximate surface area is 169 Å². The predicted molar refractivity (Wildman–Crippen MR) is 107 cm³/mol. The molecule has 1 atom stereocenters. The second-order valence-corrected chi connectivity index (χ2v) is 8.23. The second-order valence-electron chi connectivity index (χ2n) is 7.80. The van der Waals surface area contributed by atoms with E-state index >= 15 is 0 Å². The van der Waals surface area contributed by atoms with E-state index in [9.17, 15) is 0 Å². The zero-order chi connectivity index (χ0) is 19.1. The van der Waals surface area contributed by atoms with Crippen molar-refractivity contribution < 1.29 is 9.15 Å². The minimum atomic E-state index is -0.0348. The summed E-state index contributed by atoms with van der Waals surface area (Å²) in [6.45, 7) is 6.00. The maximum Gasteiger partial charge on any atom is 0.134 e. The van der Waals surface area contributed by atoms with Crippen molar-refractivity contribution in [2.45, 2.75) is 31.9 Å². The van der Waals surface area contributed by atoms with Crippen LogP contribution < -0.4 is 0 Å². The van der Waals surface area contributed by atoms with E-state index in [0.29, 0.717) is 6.61 Å². The molecule has 2 aliphatic heterocycles. The van der Waals surface area contributed by atoms with Crippen LogP contribution in [0.2, 0.25) is 5.02 Å². The second kappa shape index (κ2) is 6.99. The lowest BCUT2D eigenvalue weighted by atomic mass is 9.80. The van der Waals surface area contributed by atoms with Gasteiger partial charge >= 0.3 is 0 Å². The molecule has 1 fully saturated rings. The summed E-state index contributed by atoms with van der Waals surface area (Å²) in [6.07, 6.45) is 2.97. The number of aromatic nitrogens is 2. The van der Waals surface area contributed by atoms with Crippen LogP contribution in [0.3, 0.4) is 0 Å². The van der Waals surface area contributed by atoms with Crippen molar-refractivity contribution in [2.75, 3.05) is 19.7 Å². The highest BCUT2D eigenvalue weighted by molar-refractivity contribution is 6.30.